The van der Waals surface area contributed by atoms with Crippen molar-refractivity contribution in [3.8, 4) is 0 Å². The van der Waals surface area contributed by atoms with E-state index in [1.807, 2.05) is 6.07 Å². The third-order valence-corrected chi connectivity index (χ3v) is 3.71. The molecule has 0 radical (unpaired) electrons. The molecule has 114 valence electrons. The number of methoxy groups -OCH3 is 1. The van der Waals surface area contributed by atoms with Gasteiger partial charge in [-0.1, -0.05) is 47.1 Å². The zero-order valence-corrected chi connectivity index (χ0v) is 12.3. The highest BCUT2D eigenvalue weighted by molar-refractivity contribution is 6.34. The van der Waals surface area contributed by atoms with Gasteiger partial charge in [-0.2, -0.15) is 0 Å². The molecule has 0 saturated carbocycles. The number of carbonyl (C=O) groups excluding carboxylic acids is 1. The average molecular weight is 322 g/mol. The third kappa shape index (κ3) is 2.17. The summed E-state index contributed by atoms with van der Waals surface area (Å²) in [5.41, 5.74) is 0.827. The lowest BCUT2D eigenvalue weighted by Crippen LogP contribution is -2.46. The van der Waals surface area contributed by atoms with Crippen LogP contribution in [0, 0.1) is 0 Å². The average Bonchev–Trinajstić information content (AvgIpc) is 3.11. The maximum atomic E-state index is 12.0. The Balaban J connectivity index is 2.12. The van der Waals surface area contributed by atoms with Crippen LogP contribution in [0.3, 0.4) is 0 Å². The lowest BCUT2D eigenvalue weighted by atomic mass is 9.85. The summed E-state index contributed by atoms with van der Waals surface area (Å²) in [6, 6.07) is 10.4. The molecule has 3 rings (SSSR count). The van der Waals surface area contributed by atoms with E-state index in [1.165, 1.54) is 12.3 Å². The number of hydrogen-bond acceptors (Lipinski definition) is 6. The Labute approximate surface area is 130 Å². The number of nitrogens with zero attached hydrogens (tertiary/aromatic N) is 1. The minimum atomic E-state index is -2.28. The van der Waals surface area contributed by atoms with Gasteiger partial charge in [-0.25, -0.2) is 4.79 Å². The fourth-order valence-corrected chi connectivity index (χ4v) is 2.58. The van der Waals surface area contributed by atoms with Crippen LogP contribution in [0.2, 0.25) is 5.02 Å². The van der Waals surface area contributed by atoms with E-state index in [9.17, 15) is 9.90 Å². The third-order valence-electron chi connectivity index (χ3n) is 3.41. The monoisotopic (exact) mass is 321 g/mol. The summed E-state index contributed by atoms with van der Waals surface area (Å²) >= 11 is 6.05. The van der Waals surface area contributed by atoms with Gasteiger partial charge in [-0.05, 0) is 11.6 Å². The molecule has 6 nitrogen and oxygen atoms in total. The van der Waals surface area contributed by atoms with Gasteiger partial charge >= 0.3 is 11.8 Å². The van der Waals surface area contributed by atoms with Gasteiger partial charge in [-0.3, -0.25) is 0 Å². The largest absolute Gasteiger partial charge is 0.464 e. The molecule has 1 aliphatic heterocycles. The van der Waals surface area contributed by atoms with Crippen LogP contribution in [-0.2, 0) is 14.4 Å². The molecule has 1 aliphatic rings. The molecule has 0 amide bonds. The lowest BCUT2D eigenvalue weighted by Gasteiger charge is -2.24. The molecule has 0 fully saturated rings. The molecule has 2 atom stereocenters. The fraction of sp³-hybridized carbons (Fsp3) is 0.200. The van der Waals surface area contributed by atoms with Crippen molar-refractivity contribution in [3.05, 3.63) is 59.0 Å². The van der Waals surface area contributed by atoms with Crippen LogP contribution in [0.1, 0.15) is 17.2 Å². The molecular formula is C15H12ClNO5. The summed E-state index contributed by atoms with van der Waals surface area (Å²) < 4.78 is 9.93. The van der Waals surface area contributed by atoms with Gasteiger partial charge in [0.15, 0.2) is 5.76 Å². The van der Waals surface area contributed by atoms with Gasteiger partial charge in [0.05, 0.1) is 18.4 Å². The van der Waals surface area contributed by atoms with Crippen LogP contribution in [0.15, 0.2) is 52.2 Å². The molecule has 0 saturated heterocycles. The Morgan fingerprint density at radius 3 is 2.68 bits per heavy atom. The van der Waals surface area contributed by atoms with Crippen LogP contribution >= 0.6 is 11.6 Å². The van der Waals surface area contributed by atoms with Crippen molar-refractivity contribution < 1.29 is 23.9 Å². The minimum absolute atomic E-state index is 0.217. The van der Waals surface area contributed by atoms with E-state index in [2.05, 4.69) is 9.89 Å². The van der Waals surface area contributed by atoms with Crippen molar-refractivity contribution in [1.29, 1.82) is 0 Å². The number of aliphatic hydroxyl groups is 1. The Hall–Kier alpha value is -2.31. The number of hydrogen-bond donors (Lipinski definition) is 1. The molecule has 1 N–H and O–H groups in total. The molecule has 0 aliphatic carbocycles. The molecule has 1 aromatic heterocycles. The van der Waals surface area contributed by atoms with Crippen molar-refractivity contribution >= 4 is 23.3 Å². The zero-order chi connectivity index (χ0) is 15.7. The quantitative estimate of drug-likeness (QED) is 0.877. The highest BCUT2D eigenvalue weighted by Gasteiger charge is 2.57. The predicted molar refractivity (Wildman–Crippen MR) is 77.5 cm³/mol. The Morgan fingerprint density at radius 1 is 1.36 bits per heavy atom. The first-order valence-corrected chi connectivity index (χ1v) is 6.81. The van der Waals surface area contributed by atoms with Gasteiger partial charge in [0.2, 0.25) is 0 Å². The summed E-state index contributed by atoms with van der Waals surface area (Å²) in [6.07, 6.45) is 1.39. The van der Waals surface area contributed by atoms with E-state index in [0.29, 0.717) is 10.6 Å². The minimum Gasteiger partial charge on any atom is -0.464 e. The first kappa shape index (κ1) is 14.6. The highest BCUT2D eigenvalue weighted by Crippen LogP contribution is 2.40. The van der Waals surface area contributed by atoms with Crippen LogP contribution < -0.4 is 0 Å². The second kappa shape index (κ2) is 5.47. The summed E-state index contributed by atoms with van der Waals surface area (Å²) in [5, 5.41) is 14.7. The summed E-state index contributed by atoms with van der Waals surface area (Å²) in [5.74, 6) is -3.93. The number of ether oxygens (including phenoxy) is 1. The first-order valence-electron chi connectivity index (χ1n) is 6.43. The second-order valence-electron chi connectivity index (χ2n) is 4.70. The van der Waals surface area contributed by atoms with E-state index in [-0.39, 0.29) is 11.5 Å². The number of carbonyl (C=O) groups is 1. The van der Waals surface area contributed by atoms with E-state index >= 15 is 0 Å². The van der Waals surface area contributed by atoms with Gasteiger partial charge in [-0.15, -0.1) is 0 Å². The number of rotatable bonds is 3. The molecule has 0 bridgehead atoms. The maximum Gasteiger partial charge on any atom is 0.382 e. The predicted octanol–water partition coefficient (Wildman–Crippen LogP) is 2.31. The molecular weight excluding hydrogens is 310 g/mol. The van der Waals surface area contributed by atoms with Gasteiger partial charge in [0, 0.05) is 0 Å². The van der Waals surface area contributed by atoms with Crippen molar-refractivity contribution in [2.45, 2.75) is 11.7 Å². The van der Waals surface area contributed by atoms with E-state index in [0.717, 1.165) is 7.11 Å². The maximum absolute atomic E-state index is 12.0. The van der Waals surface area contributed by atoms with Gasteiger partial charge in [0.1, 0.15) is 11.6 Å². The summed E-state index contributed by atoms with van der Waals surface area (Å²) in [7, 11) is 1.16. The topological polar surface area (TPSA) is 81.3 Å². The zero-order valence-electron chi connectivity index (χ0n) is 11.5. The molecule has 1 aromatic carbocycles. The van der Waals surface area contributed by atoms with E-state index in [1.54, 1.807) is 24.3 Å². The van der Waals surface area contributed by atoms with Crippen LogP contribution in [0.4, 0.5) is 0 Å². The molecule has 22 heavy (non-hydrogen) atoms. The molecule has 7 heteroatoms. The highest BCUT2D eigenvalue weighted by atomic mass is 35.5. The number of halogens is 1. The Morgan fingerprint density at radius 2 is 2.09 bits per heavy atom. The number of oxime groups is 1. The van der Waals surface area contributed by atoms with Crippen LogP contribution in [-0.4, -0.2) is 29.7 Å². The van der Waals surface area contributed by atoms with Crippen molar-refractivity contribution in [1.82, 2.24) is 0 Å². The van der Waals surface area contributed by atoms with Crippen molar-refractivity contribution in [3.63, 3.8) is 0 Å². The first-order chi connectivity index (χ1) is 10.6. The van der Waals surface area contributed by atoms with E-state index in [4.69, 9.17) is 20.9 Å². The lowest BCUT2D eigenvalue weighted by molar-refractivity contribution is -0.221. The fourth-order valence-electron chi connectivity index (χ4n) is 2.39. The second-order valence-corrected chi connectivity index (χ2v) is 5.10. The summed E-state index contributed by atoms with van der Waals surface area (Å²) in [6.45, 7) is 0. The normalized spacial score (nSPS) is 23.8. The molecule has 2 aromatic rings. The standard InChI is InChI=1S/C15H12ClNO5/c1-20-14(18)15(19)11(9-5-3-2-4-6-9)12(17-22-15)13-10(16)7-8-21-13/h2-8,11,19H,1H3. The Bertz CT molecular complexity index is 727. The molecule has 2 heterocycles. The van der Waals surface area contributed by atoms with Crippen molar-refractivity contribution in [2.24, 2.45) is 5.16 Å². The van der Waals surface area contributed by atoms with Crippen LogP contribution in [0.5, 0.6) is 0 Å². The SMILES string of the molecule is COC(=O)C1(O)ON=C(c2occc2Cl)C1c1ccccc1. The molecule has 0 spiro atoms. The van der Waals surface area contributed by atoms with E-state index < -0.39 is 17.7 Å². The summed E-state index contributed by atoms with van der Waals surface area (Å²) in [4.78, 5) is 17.0. The van der Waals surface area contributed by atoms with Gasteiger partial charge < -0.3 is 19.1 Å². The smallest absolute Gasteiger partial charge is 0.382 e. The number of furan rings is 1. The van der Waals surface area contributed by atoms with Gasteiger partial charge in [0.25, 0.3) is 0 Å². The molecule has 2 unspecified atom stereocenters. The number of esters is 1. The van der Waals surface area contributed by atoms with Crippen LogP contribution in [0.25, 0.3) is 0 Å². The Kier molecular flexibility index (Phi) is 3.64. The number of benzene rings is 1. The van der Waals surface area contributed by atoms with Crippen molar-refractivity contribution in [2.75, 3.05) is 7.11 Å².